The van der Waals surface area contributed by atoms with Gasteiger partial charge < -0.3 is 15.0 Å². The molecule has 1 fully saturated rings. The van der Waals surface area contributed by atoms with Gasteiger partial charge in [0.25, 0.3) is 0 Å². The molecule has 19 heavy (non-hydrogen) atoms. The number of nitrogens with one attached hydrogen (secondary N) is 1. The van der Waals surface area contributed by atoms with Crippen LogP contribution < -0.4 is 5.32 Å². The molecule has 0 radical (unpaired) electrons. The third-order valence-corrected chi connectivity index (χ3v) is 3.98. The zero-order valence-corrected chi connectivity index (χ0v) is 13.6. The number of carbonyl (C=O) groups is 1. The molecule has 2 rings (SSSR count). The molecule has 4 nitrogen and oxygen atoms in total. The third kappa shape index (κ3) is 3.97. The molecule has 6 heteroatoms. The highest BCUT2D eigenvalue weighted by Gasteiger charge is 2.22. The van der Waals surface area contributed by atoms with Crippen LogP contribution >= 0.6 is 34.2 Å². The second-order valence-electron chi connectivity index (χ2n) is 4.43. The van der Waals surface area contributed by atoms with E-state index >= 15 is 0 Å². The van der Waals surface area contributed by atoms with Gasteiger partial charge in [-0.15, -0.1) is 0 Å². The molecule has 0 aliphatic carbocycles. The lowest BCUT2D eigenvalue weighted by molar-refractivity contribution is -0.135. The van der Waals surface area contributed by atoms with Crippen LogP contribution in [0, 0.1) is 3.57 Å². The number of nitrogens with zero attached hydrogens (tertiary/aromatic N) is 1. The van der Waals surface area contributed by atoms with Crippen LogP contribution in [0.3, 0.4) is 0 Å². The monoisotopic (exact) mass is 394 g/mol. The molecule has 1 aliphatic heterocycles. The summed E-state index contributed by atoms with van der Waals surface area (Å²) in [5.74, 6) is 0.0814. The van der Waals surface area contributed by atoms with Crippen molar-refractivity contribution in [2.24, 2.45) is 0 Å². The highest BCUT2D eigenvalue weighted by Crippen LogP contribution is 2.24. The number of rotatable bonds is 3. The van der Waals surface area contributed by atoms with E-state index in [-0.39, 0.29) is 11.9 Å². The van der Waals surface area contributed by atoms with E-state index in [2.05, 4.69) is 27.9 Å². The molecule has 1 aromatic rings. The van der Waals surface area contributed by atoms with Crippen LogP contribution in [-0.2, 0) is 9.53 Å². The number of hydrogen-bond donors (Lipinski definition) is 1. The van der Waals surface area contributed by atoms with Gasteiger partial charge in [-0.25, -0.2) is 0 Å². The molecule has 1 saturated heterocycles. The lowest BCUT2D eigenvalue weighted by Gasteiger charge is -2.29. The van der Waals surface area contributed by atoms with Gasteiger partial charge >= 0.3 is 0 Å². The minimum Gasteiger partial charge on any atom is -0.378 e. The predicted octanol–water partition coefficient (Wildman–Crippen LogP) is 2.60. The van der Waals surface area contributed by atoms with E-state index in [1.807, 2.05) is 30.0 Å². The fraction of sp³-hybridized carbons (Fsp3) is 0.462. The minimum absolute atomic E-state index is 0.0814. The maximum Gasteiger partial charge on any atom is 0.244 e. The van der Waals surface area contributed by atoms with Crippen molar-refractivity contribution in [3.05, 3.63) is 26.8 Å². The molecule has 1 amide bonds. The Bertz CT molecular complexity index is 464. The fourth-order valence-corrected chi connectivity index (χ4v) is 2.87. The zero-order valence-electron chi connectivity index (χ0n) is 10.7. The van der Waals surface area contributed by atoms with Gasteiger partial charge in [-0.3, -0.25) is 4.79 Å². The molecule has 104 valence electrons. The lowest BCUT2D eigenvalue weighted by atomic mass is 10.2. The number of ether oxygens (including phenoxy) is 1. The summed E-state index contributed by atoms with van der Waals surface area (Å²) >= 11 is 8.35. The molecule has 0 aromatic heterocycles. The smallest absolute Gasteiger partial charge is 0.244 e. The molecule has 1 N–H and O–H groups in total. The van der Waals surface area contributed by atoms with E-state index in [1.54, 1.807) is 0 Å². The number of amides is 1. The average Bonchev–Trinajstić information content (AvgIpc) is 2.42. The fourth-order valence-electron chi connectivity index (χ4n) is 1.96. The van der Waals surface area contributed by atoms with E-state index in [0.29, 0.717) is 31.3 Å². The quantitative estimate of drug-likeness (QED) is 0.801. The van der Waals surface area contributed by atoms with Crippen LogP contribution in [-0.4, -0.2) is 43.2 Å². The van der Waals surface area contributed by atoms with Crippen LogP contribution in [0.5, 0.6) is 0 Å². The summed E-state index contributed by atoms with van der Waals surface area (Å²) in [6.45, 7) is 4.40. The summed E-state index contributed by atoms with van der Waals surface area (Å²) in [4.78, 5) is 14.1. The van der Waals surface area contributed by atoms with Crippen molar-refractivity contribution in [1.82, 2.24) is 4.90 Å². The van der Waals surface area contributed by atoms with E-state index in [1.165, 1.54) is 0 Å². The van der Waals surface area contributed by atoms with Crippen LogP contribution in [0.4, 0.5) is 5.69 Å². The minimum atomic E-state index is -0.296. The summed E-state index contributed by atoms with van der Waals surface area (Å²) in [7, 11) is 0. The summed E-state index contributed by atoms with van der Waals surface area (Å²) < 4.78 is 6.31. The largest absolute Gasteiger partial charge is 0.378 e. The Balaban J connectivity index is 1.99. The molecule has 0 saturated carbocycles. The number of halogens is 2. The summed E-state index contributed by atoms with van der Waals surface area (Å²) in [6.07, 6.45) is 0. The second kappa shape index (κ2) is 6.76. The van der Waals surface area contributed by atoms with Crippen molar-refractivity contribution in [1.29, 1.82) is 0 Å². The first kappa shape index (κ1) is 14.9. The Hall–Kier alpha value is -0.530. The van der Waals surface area contributed by atoms with Gasteiger partial charge in [0.15, 0.2) is 0 Å². The van der Waals surface area contributed by atoms with E-state index in [0.717, 1.165) is 9.26 Å². The number of hydrogen-bond acceptors (Lipinski definition) is 3. The van der Waals surface area contributed by atoms with Crippen LogP contribution in [0.2, 0.25) is 5.02 Å². The molecular weight excluding hydrogens is 379 g/mol. The lowest BCUT2D eigenvalue weighted by Crippen LogP contribution is -2.47. The summed E-state index contributed by atoms with van der Waals surface area (Å²) in [5.41, 5.74) is 0.788. The van der Waals surface area contributed by atoms with Crippen molar-refractivity contribution >= 4 is 45.8 Å². The topological polar surface area (TPSA) is 41.6 Å². The van der Waals surface area contributed by atoms with Crippen LogP contribution in [0.15, 0.2) is 18.2 Å². The Morgan fingerprint density at radius 2 is 2.16 bits per heavy atom. The average molecular weight is 395 g/mol. The normalized spacial score (nSPS) is 17.1. The van der Waals surface area contributed by atoms with Gasteiger partial charge in [0.2, 0.25) is 5.91 Å². The Kier molecular flexibility index (Phi) is 5.29. The second-order valence-corrected chi connectivity index (χ2v) is 6.08. The van der Waals surface area contributed by atoms with Crippen molar-refractivity contribution < 1.29 is 9.53 Å². The van der Waals surface area contributed by atoms with Crippen molar-refractivity contribution in [3.8, 4) is 0 Å². The van der Waals surface area contributed by atoms with E-state index < -0.39 is 0 Å². The molecule has 0 bridgehead atoms. The Morgan fingerprint density at radius 3 is 2.79 bits per heavy atom. The first-order valence-corrected chi connectivity index (χ1v) is 7.61. The number of carbonyl (C=O) groups excluding carboxylic acids is 1. The SMILES string of the molecule is CC(Nc1ccc(I)cc1Cl)C(=O)N1CCOCC1. The van der Waals surface area contributed by atoms with Gasteiger partial charge in [0.05, 0.1) is 23.9 Å². The predicted molar refractivity (Wildman–Crippen MR) is 84.7 cm³/mol. The maximum atomic E-state index is 12.2. The highest BCUT2D eigenvalue weighted by atomic mass is 127. The van der Waals surface area contributed by atoms with Gasteiger partial charge in [0.1, 0.15) is 6.04 Å². The Morgan fingerprint density at radius 1 is 1.47 bits per heavy atom. The molecule has 1 atom stereocenters. The molecule has 1 aliphatic rings. The zero-order chi connectivity index (χ0) is 13.8. The van der Waals surface area contributed by atoms with Crippen LogP contribution in [0.1, 0.15) is 6.92 Å². The number of morpholine rings is 1. The van der Waals surface area contributed by atoms with E-state index in [9.17, 15) is 4.79 Å². The summed E-state index contributed by atoms with van der Waals surface area (Å²) in [5, 5.41) is 3.80. The van der Waals surface area contributed by atoms with Gasteiger partial charge in [0, 0.05) is 16.7 Å². The standard InChI is InChI=1S/C13H16ClIN2O2/c1-9(13(18)17-4-6-19-7-5-17)16-12-3-2-10(15)8-11(12)14/h2-3,8-9,16H,4-7H2,1H3. The van der Waals surface area contributed by atoms with Crippen LogP contribution in [0.25, 0.3) is 0 Å². The maximum absolute atomic E-state index is 12.2. The van der Waals surface area contributed by atoms with Crippen molar-refractivity contribution in [3.63, 3.8) is 0 Å². The van der Waals surface area contributed by atoms with Gasteiger partial charge in [-0.1, -0.05) is 11.6 Å². The molecule has 1 aromatic carbocycles. The molecule has 1 unspecified atom stereocenters. The van der Waals surface area contributed by atoms with Crippen molar-refractivity contribution in [2.75, 3.05) is 31.6 Å². The van der Waals surface area contributed by atoms with Gasteiger partial charge in [-0.2, -0.15) is 0 Å². The molecular formula is C13H16ClIN2O2. The first-order chi connectivity index (χ1) is 9.08. The number of anilines is 1. The summed E-state index contributed by atoms with van der Waals surface area (Å²) in [6, 6.07) is 5.43. The third-order valence-electron chi connectivity index (χ3n) is 3.00. The van der Waals surface area contributed by atoms with Gasteiger partial charge in [-0.05, 0) is 47.7 Å². The number of benzene rings is 1. The molecule has 1 heterocycles. The highest BCUT2D eigenvalue weighted by molar-refractivity contribution is 14.1. The Labute approximate surface area is 131 Å². The molecule has 0 spiro atoms. The van der Waals surface area contributed by atoms with Crippen molar-refractivity contribution in [2.45, 2.75) is 13.0 Å². The first-order valence-electron chi connectivity index (χ1n) is 6.16. The van der Waals surface area contributed by atoms with E-state index in [4.69, 9.17) is 16.3 Å².